The summed E-state index contributed by atoms with van der Waals surface area (Å²) in [6, 6.07) is 3.60. The molecule has 3 N–H and O–H groups in total. The van der Waals surface area contributed by atoms with Gasteiger partial charge in [-0.15, -0.1) is 0 Å². The summed E-state index contributed by atoms with van der Waals surface area (Å²) in [5, 5.41) is 0. The van der Waals surface area contributed by atoms with Crippen LogP contribution in [-0.2, 0) is 10.0 Å². The normalized spacial score (nSPS) is 11.7. The smallest absolute Gasteiger partial charge is 0.240 e. The molecular weight excluding hydrogens is 287 g/mol. The molecule has 0 fully saturated rings. The van der Waals surface area contributed by atoms with Crippen LogP contribution >= 0.6 is 15.9 Å². The van der Waals surface area contributed by atoms with Crippen LogP contribution in [-0.4, -0.2) is 21.5 Å². The van der Waals surface area contributed by atoms with Crippen molar-refractivity contribution in [3.63, 3.8) is 0 Å². The van der Waals surface area contributed by atoms with Crippen LogP contribution in [0.1, 0.15) is 0 Å². The summed E-state index contributed by atoms with van der Waals surface area (Å²) >= 11 is 2.94. The van der Waals surface area contributed by atoms with E-state index in [2.05, 4.69) is 20.7 Å². The average molecular weight is 297 g/mol. The van der Waals surface area contributed by atoms with Gasteiger partial charge >= 0.3 is 0 Å². The van der Waals surface area contributed by atoms with Gasteiger partial charge in [-0.05, 0) is 34.1 Å². The molecule has 0 saturated carbocycles. The quantitative estimate of drug-likeness (QED) is 0.864. The highest BCUT2D eigenvalue weighted by Crippen LogP contribution is 2.18. The summed E-state index contributed by atoms with van der Waals surface area (Å²) in [6.45, 7) is 0.318. The lowest BCUT2D eigenvalue weighted by Gasteiger charge is -2.05. The van der Waals surface area contributed by atoms with Crippen molar-refractivity contribution in [1.29, 1.82) is 0 Å². The molecule has 0 unspecified atom stereocenters. The van der Waals surface area contributed by atoms with Gasteiger partial charge in [0.15, 0.2) is 0 Å². The Hall–Kier alpha value is -0.500. The molecule has 0 aliphatic heterocycles. The Balaban J connectivity index is 3.00. The number of rotatable bonds is 4. The molecule has 0 amide bonds. The first-order chi connectivity index (χ1) is 6.97. The zero-order valence-electron chi connectivity index (χ0n) is 7.70. The summed E-state index contributed by atoms with van der Waals surface area (Å²) in [7, 11) is -3.65. The monoisotopic (exact) mass is 296 g/mol. The molecule has 0 aromatic heterocycles. The number of benzene rings is 1. The molecule has 0 atom stereocenters. The lowest BCUT2D eigenvalue weighted by Crippen LogP contribution is -2.29. The van der Waals surface area contributed by atoms with E-state index in [0.717, 1.165) is 6.07 Å². The molecule has 0 aliphatic rings. The van der Waals surface area contributed by atoms with Crippen molar-refractivity contribution < 1.29 is 12.8 Å². The highest BCUT2D eigenvalue weighted by atomic mass is 79.9. The van der Waals surface area contributed by atoms with Crippen molar-refractivity contribution in [3.8, 4) is 0 Å². The van der Waals surface area contributed by atoms with Crippen LogP contribution in [0.15, 0.2) is 27.6 Å². The Morgan fingerprint density at radius 2 is 2.13 bits per heavy atom. The predicted molar refractivity (Wildman–Crippen MR) is 58.3 cm³/mol. The van der Waals surface area contributed by atoms with Gasteiger partial charge < -0.3 is 5.73 Å². The van der Waals surface area contributed by atoms with Gasteiger partial charge in [-0.3, -0.25) is 0 Å². The molecule has 0 spiro atoms. The predicted octanol–water partition coefficient (Wildman–Crippen LogP) is 0.825. The molecule has 0 radical (unpaired) electrons. The molecule has 84 valence electrons. The first kappa shape index (κ1) is 12.6. The molecule has 0 saturated heterocycles. The van der Waals surface area contributed by atoms with E-state index < -0.39 is 15.8 Å². The topological polar surface area (TPSA) is 72.2 Å². The zero-order valence-corrected chi connectivity index (χ0v) is 10.1. The molecule has 7 heteroatoms. The van der Waals surface area contributed by atoms with Crippen LogP contribution in [0.5, 0.6) is 0 Å². The number of nitrogens with one attached hydrogen (secondary N) is 1. The van der Waals surface area contributed by atoms with Crippen molar-refractivity contribution in [1.82, 2.24) is 4.72 Å². The highest BCUT2D eigenvalue weighted by Gasteiger charge is 2.14. The number of sulfonamides is 1. The van der Waals surface area contributed by atoms with E-state index in [-0.39, 0.29) is 22.5 Å². The fourth-order valence-corrected chi connectivity index (χ4v) is 2.23. The average Bonchev–Trinajstić information content (AvgIpc) is 2.19. The highest BCUT2D eigenvalue weighted by molar-refractivity contribution is 9.10. The van der Waals surface area contributed by atoms with Crippen molar-refractivity contribution in [2.45, 2.75) is 4.90 Å². The summed E-state index contributed by atoms with van der Waals surface area (Å²) in [5.74, 6) is -0.620. The molecule has 0 bridgehead atoms. The van der Waals surface area contributed by atoms with Gasteiger partial charge in [-0.2, -0.15) is 0 Å². The minimum atomic E-state index is -3.65. The van der Waals surface area contributed by atoms with Crippen LogP contribution < -0.4 is 10.5 Å². The molecule has 0 heterocycles. The van der Waals surface area contributed by atoms with Crippen LogP contribution in [0, 0.1) is 5.82 Å². The molecule has 1 aromatic rings. The Kier molecular flexibility index (Phi) is 4.21. The second-order valence-electron chi connectivity index (χ2n) is 2.76. The second kappa shape index (κ2) is 5.02. The summed E-state index contributed by atoms with van der Waals surface area (Å²) in [5.41, 5.74) is 5.16. The molecular formula is C8H10BrFN2O2S. The van der Waals surface area contributed by atoms with Crippen molar-refractivity contribution in [2.75, 3.05) is 13.1 Å². The van der Waals surface area contributed by atoms with Gasteiger partial charge in [0, 0.05) is 13.1 Å². The largest absolute Gasteiger partial charge is 0.329 e. The maximum Gasteiger partial charge on any atom is 0.240 e. The Bertz CT molecular complexity index is 450. The van der Waals surface area contributed by atoms with E-state index in [0.29, 0.717) is 0 Å². The fraction of sp³-hybridized carbons (Fsp3) is 0.250. The first-order valence-electron chi connectivity index (χ1n) is 4.12. The maximum absolute atomic E-state index is 13.1. The zero-order chi connectivity index (χ0) is 11.5. The van der Waals surface area contributed by atoms with Gasteiger partial charge in [0.25, 0.3) is 0 Å². The van der Waals surface area contributed by atoms with Gasteiger partial charge in [0.1, 0.15) is 5.82 Å². The molecule has 15 heavy (non-hydrogen) atoms. The van der Waals surface area contributed by atoms with Gasteiger partial charge in [0.2, 0.25) is 10.0 Å². The van der Waals surface area contributed by atoms with E-state index >= 15 is 0 Å². The minimum absolute atomic E-state index is 0.114. The van der Waals surface area contributed by atoms with Gasteiger partial charge in [-0.1, -0.05) is 0 Å². The third-order valence-corrected chi connectivity index (χ3v) is 3.74. The minimum Gasteiger partial charge on any atom is -0.329 e. The van der Waals surface area contributed by atoms with E-state index in [1.54, 1.807) is 0 Å². The number of nitrogens with two attached hydrogens (primary N) is 1. The lowest BCUT2D eigenvalue weighted by atomic mass is 10.3. The van der Waals surface area contributed by atoms with Gasteiger partial charge in [-0.25, -0.2) is 17.5 Å². The molecule has 1 rings (SSSR count). The van der Waals surface area contributed by atoms with E-state index in [4.69, 9.17) is 5.73 Å². The third kappa shape index (κ3) is 3.23. The van der Waals surface area contributed by atoms with Crippen molar-refractivity contribution >= 4 is 26.0 Å². The molecule has 1 aromatic carbocycles. The van der Waals surface area contributed by atoms with Crippen molar-refractivity contribution in [3.05, 3.63) is 28.5 Å². The summed E-state index contributed by atoms with van der Waals surface area (Å²) in [4.78, 5) is -0.114. The molecule has 4 nitrogen and oxygen atoms in total. The number of halogens is 2. The number of hydrogen-bond donors (Lipinski definition) is 2. The van der Waals surface area contributed by atoms with Crippen LogP contribution in [0.4, 0.5) is 4.39 Å². The van der Waals surface area contributed by atoms with Gasteiger partial charge in [0.05, 0.1) is 9.37 Å². The third-order valence-electron chi connectivity index (χ3n) is 1.64. The Labute approximate surface area is 95.8 Å². The van der Waals surface area contributed by atoms with E-state index in [1.807, 2.05) is 0 Å². The number of hydrogen-bond acceptors (Lipinski definition) is 3. The summed E-state index contributed by atoms with van der Waals surface area (Å²) < 4.78 is 38.5. The van der Waals surface area contributed by atoms with Crippen molar-refractivity contribution in [2.24, 2.45) is 5.73 Å². The second-order valence-corrected chi connectivity index (χ2v) is 5.38. The standard InChI is InChI=1S/C8H10BrFN2O2S/c9-7-2-1-6(5-8(7)10)15(13,14)12-4-3-11/h1-2,5,12H,3-4,11H2. The summed E-state index contributed by atoms with van der Waals surface area (Å²) in [6.07, 6.45) is 0. The maximum atomic E-state index is 13.1. The molecule has 0 aliphatic carbocycles. The van der Waals surface area contributed by atoms with Crippen LogP contribution in [0.2, 0.25) is 0 Å². The van der Waals surface area contributed by atoms with Crippen LogP contribution in [0.3, 0.4) is 0 Å². The Morgan fingerprint density at radius 3 is 2.67 bits per heavy atom. The lowest BCUT2D eigenvalue weighted by molar-refractivity contribution is 0.577. The first-order valence-corrected chi connectivity index (χ1v) is 6.40. The van der Waals surface area contributed by atoms with E-state index in [1.165, 1.54) is 12.1 Å². The SMILES string of the molecule is NCCNS(=O)(=O)c1ccc(Br)c(F)c1. The fourth-order valence-electron chi connectivity index (χ4n) is 0.921. The van der Waals surface area contributed by atoms with E-state index in [9.17, 15) is 12.8 Å². The Morgan fingerprint density at radius 1 is 1.47 bits per heavy atom. The van der Waals surface area contributed by atoms with Crippen LogP contribution in [0.25, 0.3) is 0 Å².